The summed E-state index contributed by atoms with van der Waals surface area (Å²) in [5.74, 6) is 6.51. The number of allylic oxidation sites excluding steroid dienone is 5. The van der Waals surface area contributed by atoms with Crippen molar-refractivity contribution in [3.63, 3.8) is 0 Å². The summed E-state index contributed by atoms with van der Waals surface area (Å²) in [6, 6.07) is 31.6. The minimum atomic E-state index is -1.37. The number of aromatic hydroxyl groups is 1. The SMILES string of the molecule is CCCNCc1cc2cc(c1)[C@H]1NC[C@@](C)(O)[C@H](CC=O)C#C[C@H](CO)C[C@H]3C[C@@]([C@@H]4CCN[C@H](NC)C4)(C/C=C4\OC(=O)C5=C4CC[C@H]4[C@H]6CC[C@]7(C(=C6c6cc(O)ccc6-c6cccc(c6)CNCC2)C(=O)O/C7=C\[C@H](CC)Cc2ccccc2)[C@@H]54)C[C@@H]31. The minimum absolute atomic E-state index is 0.0134. The molecule has 11 aliphatic rings. The number of β-amino-alcohol motifs (C(OH)–C–C–N with tert-alkyl or cyclic N) is 1. The van der Waals surface area contributed by atoms with Crippen LogP contribution in [0.5, 0.6) is 5.75 Å². The van der Waals surface area contributed by atoms with E-state index in [9.17, 15) is 20.1 Å². The standard InChI is InChI=1S/C77H93N5O8/c1-5-28-79-44-52-33-49-23-29-80-43-50-13-10-14-53(35-50)59-18-17-58(85)40-63(59)68-60-21-27-77(66(90-74(87)71(68)77)38-47(6-2)32-48-11-8-7-9-12-48)70-61(60)19-20-62-65(89-73(86)69(62)70)22-26-76(57-24-30-81-67(39-57)78-4)41-55-36-51(45-84)15-16-56(25-31-83)75(3,88)46-82-72(64(55)42-76)54(34-49)37-52/h7-14,17-18,22,31,33-35,37-38,40,47,51,55-57,60-61,64,67,70,72,78-82,84-85,88H,5-6,19-21,23-30,32,36,39,41-46H2,1-4H3/b65-22-,66-38-/t47-,51+,55+,56+,57-,60-,61+,64+,67+,70-,72-,75-,76+,77-/m1/s1. The number of phenolic OH excluding ortho intramolecular Hbond substituents is 1. The number of rotatable bonds is 13. The quantitative estimate of drug-likeness (QED) is 0.0273. The van der Waals surface area contributed by atoms with Gasteiger partial charge in [0.2, 0.25) is 0 Å². The molecule has 4 aromatic carbocycles. The van der Waals surface area contributed by atoms with Gasteiger partial charge in [0.25, 0.3) is 0 Å². The average molecular weight is 1220 g/mol. The van der Waals surface area contributed by atoms with Gasteiger partial charge in [0.15, 0.2) is 0 Å². The van der Waals surface area contributed by atoms with E-state index < -0.39 is 16.9 Å². The molecule has 2 saturated carbocycles. The third-order valence-corrected chi connectivity index (χ3v) is 22.9. The van der Waals surface area contributed by atoms with Crippen LogP contribution in [0.1, 0.15) is 144 Å². The van der Waals surface area contributed by atoms with Gasteiger partial charge >= 0.3 is 11.9 Å². The molecule has 0 aromatic heterocycles. The first kappa shape index (κ1) is 62.3. The lowest BCUT2D eigenvalue weighted by atomic mass is 9.44. The van der Waals surface area contributed by atoms with E-state index in [-0.39, 0.29) is 102 Å². The molecule has 0 amide bonds. The number of aldehydes is 1. The Morgan fingerprint density at radius 1 is 0.844 bits per heavy atom. The summed E-state index contributed by atoms with van der Waals surface area (Å²) in [6.45, 7) is 10.0. The maximum atomic E-state index is 15.5. The first-order valence-corrected chi connectivity index (χ1v) is 34.0. The highest BCUT2D eigenvalue weighted by atomic mass is 16.6. The molecule has 14 atom stereocenters. The van der Waals surface area contributed by atoms with Crippen molar-refractivity contribution in [2.75, 3.05) is 39.8 Å². The fourth-order valence-corrected chi connectivity index (χ4v) is 18.6. The molecule has 0 unspecified atom stereocenters. The smallest absolute Gasteiger partial charge is 0.340 e. The Bertz CT molecular complexity index is 3580. The number of aliphatic hydroxyl groups excluding tert-OH is 1. The Labute approximate surface area is 532 Å². The summed E-state index contributed by atoms with van der Waals surface area (Å²) in [5.41, 5.74) is 9.29. The number of fused-ring (bicyclic) bond motifs is 5. The summed E-state index contributed by atoms with van der Waals surface area (Å²) in [6.07, 6.45) is 16.7. The second-order valence-corrected chi connectivity index (χ2v) is 28.3. The van der Waals surface area contributed by atoms with Gasteiger partial charge in [-0.25, -0.2) is 9.59 Å². The molecule has 15 rings (SSSR count). The van der Waals surface area contributed by atoms with Crippen molar-refractivity contribution < 1.29 is 39.2 Å². The molecule has 474 valence electrons. The molecule has 5 aliphatic carbocycles. The van der Waals surface area contributed by atoms with E-state index in [1.165, 1.54) is 16.7 Å². The number of ether oxygens (including phenoxy) is 2. The number of phenols is 1. The molecule has 13 nitrogen and oxygen atoms in total. The Morgan fingerprint density at radius 3 is 2.52 bits per heavy atom. The Balaban J connectivity index is 1.00. The van der Waals surface area contributed by atoms with Crippen LogP contribution in [0.2, 0.25) is 0 Å². The normalized spacial score (nSPS) is 33.6. The van der Waals surface area contributed by atoms with Gasteiger partial charge < -0.3 is 56.2 Å². The molecular weight excluding hydrogens is 1120 g/mol. The van der Waals surface area contributed by atoms with Gasteiger partial charge in [0, 0.05) is 55.1 Å². The van der Waals surface area contributed by atoms with Crippen molar-refractivity contribution >= 4 is 23.8 Å². The number of carbonyl (C=O) groups excluding carboxylic acids is 3. The minimum Gasteiger partial charge on any atom is -0.508 e. The van der Waals surface area contributed by atoms with E-state index in [1.807, 2.05) is 25.2 Å². The summed E-state index contributed by atoms with van der Waals surface area (Å²) < 4.78 is 13.6. The van der Waals surface area contributed by atoms with Crippen LogP contribution in [0.3, 0.4) is 0 Å². The van der Waals surface area contributed by atoms with E-state index >= 15 is 9.59 Å². The van der Waals surface area contributed by atoms with E-state index in [1.54, 1.807) is 13.0 Å². The molecule has 4 fully saturated rings. The third kappa shape index (κ3) is 11.8. The molecule has 1 spiro atoms. The van der Waals surface area contributed by atoms with Crippen LogP contribution < -0.4 is 26.6 Å². The predicted molar refractivity (Wildman–Crippen MR) is 350 cm³/mol. The second-order valence-electron chi connectivity index (χ2n) is 28.3. The number of esters is 2. The zero-order valence-electron chi connectivity index (χ0n) is 53.2. The fourth-order valence-electron chi connectivity index (χ4n) is 18.6. The number of hydrogen-bond acceptors (Lipinski definition) is 13. The largest absolute Gasteiger partial charge is 0.508 e. The molecule has 6 aliphatic heterocycles. The van der Waals surface area contributed by atoms with E-state index in [0.717, 1.165) is 129 Å². The van der Waals surface area contributed by atoms with Crippen LogP contribution in [-0.4, -0.2) is 85.1 Å². The van der Waals surface area contributed by atoms with Gasteiger partial charge in [-0.05, 0) is 245 Å². The molecular formula is C77H93N5O8. The summed E-state index contributed by atoms with van der Waals surface area (Å²) >= 11 is 0. The summed E-state index contributed by atoms with van der Waals surface area (Å²) in [4.78, 5) is 43.2. The molecule has 14 bridgehead atoms. The monoisotopic (exact) mass is 1220 g/mol. The maximum absolute atomic E-state index is 15.5. The van der Waals surface area contributed by atoms with Gasteiger partial charge in [-0.2, -0.15) is 0 Å². The zero-order chi connectivity index (χ0) is 62.3. The van der Waals surface area contributed by atoms with Crippen molar-refractivity contribution in [1.29, 1.82) is 0 Å². The molecule has 8 N–H and O–H groups in total. The van der Waals surface area contributed by atoms with Crippen LogP contribution >= 0.6 is 0 Å². The first-order valence-electron chi connectivity index (χ1n) is 34.0. The summed E-state index contributed by atoms with van der Waals surface area (Å²) in [7, 11) is 2.03. The summed E-state index contributed by atoms with van der Waals surface area (Å²) in [5, 5.41) is 54.3. The number of nitrogens with one attached hydrogen (secondary N) is 5. The van der Waals surface area contributed by atoms with Crippen molar-refractivity contribution in [2.45, 2.75) is 148 Å². The second kappa shape index (κ2) is 26.3. The number of hydrogen-bond donors (Lipinski definition) is 8. The number of cyclic esters (lactones) is 1. The van der Waals surface area contributed by atoms with Crippen molar-refractivity contribution in [3.05, 3.63) is 165 Å². The average Bonchev–Trinajstić information content (AvgIpc) is 1.36. The van der Waals surface area contributed by atoms with Crippen LogP contribution in [0.25, 0.3) is 16.7 Å². The third-order valence-electron chi connectivity index (χ3n) is 22.9. The van der Waals surface area contributed by atoms with Crippen LogP contribution in [0.4, 0.5) is 0 Å². The first-order chi connectivity index (χ1) is 43.8. The van der Waals surface area contributed by atoms with Crippen LogP contribution in [0, 0.1) is 75.9 Å². The highest BCUT2D eigenvalue weighted by molar-refractivity contribution is 6.07. The van der Waals surface area contributed by atoms with Crippen LogP contribution in [-0.2, 0) is 49.8 Å². The van der Waals surface area contributed by atoms with Crippen LogP contribution in [0.15, 0.2) is 131 Å². The molecule has 13 heteroatoms. The number of carbonyl (C=O) groups is 3. The molecule has 0 radical (unpaired) electrons. The topological polar surface area (TPSA) is 191 Å². The predicted octanol–water partition coefficient (Wildman–Crippen LogP) is 11.1. The zero-order valence-corrected chi connectivity index (χ0v) is 53.2. The van der Waals surface area contributed by atoms with Crippen molar-refractivity contribution in [1.82, 2.24) is 26.6 Å². The lowest BCUT2D eigenvalue weighted by molar-refractivity contribution is -0.135. The van der Waals surface area contributed by atoms with Gasteiger partial charge in [-0.15, -0.1) is 0 Å². The van der Waals surface area contributed by atoms with Gasteiger partial charge in [0.05, 0.1) is 35.3 Å². The maximum Gasteiger partial charge on any atom is 0.340 e. The molecule has 90 heavy (non-hydrogen) atoms. The lowest BCUT2D eigenvalue weighted by Crippen LogP contribution is -2.52. The number of piperidine rings is 1. The number of benzene rings is 4. The number of aliphatic hydroxyl groups is 2. The van der Waals surface area contributed by atoms with Gasteiger partial charge in [-0.3, -0.25) is 0 Å². The lowest BCUT2D eigenvalue weighted by Gasteiger charge is -2.56. The molecule has 6 heterocycles. The Hall–Kier alpha value is -6.47. The van der Waals surface area contributed by atoms with Crippen molar-refractivity contribution in [2.24, 2.45) is 64.1 Å². The molecule has 2 saturated heterocycles. The highest BCUT2D eigenvalue weighted by Gasteiger charge is 2.69. The Kier molecular flexibility index (Phi) is 18.2. The molecule has 4 aromatic rings. The van der Waals surface area contributed by atoms with E-state index in [4.69, 9.17) is 9.47 Å². The highest BCUT2D eigenvalue weighted by Crippen LogP contribution is 2.72. The Morgan fingerprint density at radius 2 is 1.71 bits per heavy atom. The van der Waals surface area contributed by atoms with Gasteiger partial charge in [0.1, 0.15) is 23.6 Å². The van der Waals surface area contributed by atoms with E-state index in [2.05, 4.69) is 131 Å². The van der Waals surface area contributed by atoms with E-state index in [0.29, 0.717) is 61.4 Å². The van der Waals surface area contributed by atoms with Gasteiger partial charge in [-0.1, -0.05) is 98.5 Å². The van der Waals surface area contributed by atoms with Crippen molar-refractivity contribution in [3.8, 4) is 28.7 Å². The fraction of sp³-hybridized carbons (Fsp3) is 0.519.